The maximum Gasteiger partial charge on any atom is 0.135 e. The van der Waals surface area contributed by atoms with Crippen LogP contribution < -0.4 is 0 Å². The van der Waals surface area contributed by atoms with Gasteiger partial charge in [-0.2, -0.15) is 0 Å². The van der Waals surface area contributed by atoms with Gasteiger partial charge in [0.05, 0.1) is 12.2 Å². The highest BCUT2D eigenvalue weighted by atomic mass is 16.6. The van der Waals surface area contributed by atoms with Gasteiger partial charge in [-0.05, 0) is 6.42 Å². The van der Waals surface area contributed by atoms with Gasteiger partial charge in [-0.25, -0.2) is 0 Å². The third-order valence-electron chi connectivity index (χ3n) is 1.82. The second-order valence-corrected chi connectivity index (χ2v) is 2.49. The lowest BCUT2D eigenvalue weighted by molar-refractivity contribution is -0.119. The van der Waals surface area contributed by atoms with Crippen LogP contribution in [0.2, 0.25) is 0 Å². The van der Waals surface area contributed by atoms with Crippen LogP contribution in [0.1, 0.15) is 33.1 Å². The first kappa shape index (κ1) is 7.73. The summed E-state index contributed by atoms with van der Waals surface area (Å²) in [4.78, 5) is 10.6. The highest BCUT2D eigenvalue weighted by Gasteiger charge is 2.43. The average molecular weight is 142 g/mol. The molecule has 2 nitrogen and oxygen atoms in total. The highest BCUT2D eigenvalue weighted by Crippen LogP contribution is 2.34. The van der Waals surface area contributed by atoms with Crippen LogP contribution in [-0.4, -0.2) is 18.0 Å². The normalized spacial score (nSPS) is 35.6. The zero-order valence-electron chi connectivity index (χ0n) is 6.59. The number of Topliss-reactive ketones (excluding diaryl/α,β-unsaturated/α-hetero) is 1. The monoisotopic (exact) mass is 142 g/mol. The molecule has 0 bridgehead atoms. The van der Waals surface area contributed by atoms with E-state index in [4.69, 9.17) is 4.74 Å². The number of ether oxygens (including phenoxy) is 1. The lowest BCUT2D eigenvalue weighted by Gasteiger charge is -2.00. The molecule has 0 N–H and O–H groups in total. The molecule has 1 aliphatic carbocycles. The smallest absolute Gasteiger partial charge is 0.135 e. The number of fused-ring (bicyclic) bond motifs is 1. The summed E-state index contributed by atoms with van der Waals surface area (Å²) in [5.41, 5.74) is 0. The van der Waals surface area contributed by atoms with Crippen LogP contribution in [0.25, 0.3) is 0 Å². The molecule has 1 aliphatic heterocycles. The molecule has 0 radical (unpaired) electrons. The van der Waals surface area contributed by atoms with Crippen molar-refractivity contribution in [3.63, 3.8) is 0 Å². The Morgan fingerprint density at radius 3 is 2.60 bits per heavy atom. The van der Waals surface area contributed by atoms with Gasteiger partial charge < -0.3 is 4.74 Å². The fraction of sp³-hybridized carbons (Fsp3) is 0.875. The average Bonchev–Trinajstić information content (AvgIpc) is 2.70. The second-order valence-electron chi connectivity index (χ2n) is 2.49. The van der Waals surface area contributed by atoms with Crippen LogP contribution in [0, 0.1) is 0 Å². The lowest BCUT2D eigenvalue weighted by atomic mass is 10.00. The maximum atomic E-state index is 10.6. The van der Waals surface area contributed by atoms with Gasteiger partial charge in [0, 0.05) is 12.8 Å². The van der Waals surface area contributed by atoms with Gasteiger partial charge in [-0.1, -0.05) is 13.8 Å². The fourth-order valence-corrected chi connectivity index (χ4v) is 1.24. The molecule has 0 aromatic rings. The quantitative estimate of drug-likeness (QED) is 0.480. The van der Waals surface area contributed by atoms with Gasteiger partial charge in [-0.3, -0.25) is 4.79 Å². The molecular weight excluding hydrogens is 128 g/mol. The minimum absolute atomic E-state index is 0.330. The summed E-state index contributed by atoms with van der Waals surface area (Å²) in [5, 5.41) is 0. The third-order valence-corrected chi connectivity index (χ3v) is 1.82. The minimum atomic E-state index is 0.330. The number of carbonyl (C=O) groups is 1. The molecule has 0 amide bonds. The van der Waals surface area contributed by atoms with E-state index >= 15 is 0 Å². The molecule has 0 aromatic heterocycles. The topological polar surface area (TPSA) is 29.6 Å². The number of hydrogen-bond donors (Lipinski definition) is 0. The predicted octanol–water partition coefficient (Wildman–Crippen LogP) is 1.53. The zero-order valence-corrected chi connectivity index (χ0v) is 6.59. The van der Waals surface area contributed by atoms with Gasteiger partial charge in [0.1, 0.15) is 5.78 Å². The van der Waals surface area contributed by atoms with Crippen LogP contribution in [0.5, 0.6) is 0 Å². The van der Waals surface area contributed by atoms with E-state index in [2.05, 4.69) is 0 Å². The van der Waals surface area contributed by atoms with E-state index in [9.17, 15) is 4.79 Å². The van der Waals surface area contributed by atoms with Crippen molar-refractivity contribution in [3.8, 4) is 0 Å². The van der Waals surface area contributed by atoms with Crippen molar-refractivity contribution in [2.24, 2.45) is 0 Å². The van der Waals surface area contributed by atoms with E-state index in [1.54, 1.807) is 0 Å². The first-order chi connectivity index (χ1) is 4.86. The van der Waals surface area contributed by atoms with Gasteiger partial charge in [0.25, 0.3) is 0 Å². The number of carbonyl (C=O) groups excluding carboxylic acids is 1. The Hall–Kier alpha value is -0.370. The van der Waals surface area contributed by atoms with Gasteiger partial charge >= 0.3 is 0 Å². The van der Waals surface area contributed by atoms with Crippen molar-refractivity contribution in [1.82, 2.24) is 0 Å². The van der Waals surface area contributed by atoms with E-state index in [1.807, 2.05) is 13.8 Å². The van der Waals surface area contributed by atoms with Crippen molar-refractivity contribution in [1.29, 1.82) is 0 Å². The Balaban J connectivity index is 0.000000231. The fourth-order valence-electron chi connectivity index (χ4n) is 1.24. The minimum Gasteiger partial charge on any atom is -0.369 e. The van der Waals surface area contributed by atoms with Crippen LogP contribution in [0.4, 0.5) is 0 Å². The molecule has 0 spiro atoms. The predicted molar refractivity (Wildman–Crippen MR) is 38.9 cm³/mol. The molecular formula is C8H14O2. The van der Waals surface area contributed by atoms with Gasteiger partial charge in [0.2, 0.25) is 0 Å². The molecule has 2 fully saturated rings. The first-order valence-electron chi connectivity index (χ1n) is 4.03. The molecule has 0 aromatic carbocycles. The van der Waals surface area contributed by atoms with Crippen LogP contribution in [0.15, 0.2) is 0 Å². The van der Waals surface area contributed by atoms with Crippen molar-refractivity contribution >= 4 is 5.78 Å². The molecule has 2 atom stereocenters. The van der Waals surface area contributed by atoms with Crippen molar-refractivity contribution in [2.75, 3.05) is 0 Å². The molecule has 1 saturated heterocycles. The molecule has 2 unspecified atom stereocenters. The summed E-state index contributed by atoms with van der Waals surface area (Å²) in [6.45, 7) is 4.00. The van der Waals surface area contributed by atoms with Crippen molar-refractivity contribution in [3.05, 3.63) is 0 Å². The van der Waals surface area contributed by atoms with E-state index in [0.29, 0.717) is 24.4 Å². The Morgan fingerprint density at radius 1 is 1.40 bits per heavy atom. The van der Waals surface area contributed by atoms with E-state index in [0.717, 1.165) is 12.8 Å². The summed E-state index contributed by atoms with van der Waals surface area (Å²) in [6, 6.07) is 0. The number of ketones is 1. The summed E-state index contributed by atoms with van der Waals surface area (Å²) in [7, 11) is 0. The summed E-state index contributed by atoms with van der Waals surface area (Å²) >= 11 is 0. The first-order valence-corrected chi connectivity index (χ1v) is 4.03. The molecule has 1 heterocycles. The Bertz CT molecular complexity index is 131. The van der Waals surface area contributed by atoms with Gasteiger partial charge in [-0.15, -0.1) is 0 Å². The number of epoxide rings is 1. The van der Waals surface area contributed by atoms with Crippen LogP contribution in [-0.2, 0) is 9.53 Å². The van der Waals surface area contributed by atoms with Crippen molar-refractivity contribution < 1.29 is 9.53 Å². The SMILES string of the molecule is CC.O=C1CCC2OC2C1. The Morgan fingerprint density at radius 2 is 2.10 bits per heavy atom. The zero-order chi connectivity index (χ0) is 7.56. The van der Waals surface area contributed by atoms with Crippen LogP contribution in [0.3, 0.4) is 0 Å². The molecule has 1 saturated carbocycles. The lowest BCUT2D eigenvalue weighted by Crippen LogP contribution is -2.11. The second kappa shape index (κ2) is 3.15. The standard InChI is InChI=1S/C6H8O2.C2H6/c7-4-1-2-5-6(3-4)8-5;1-2/h5-6H,1-3H2;1-2H3. The highest BCUT2D eigenvalue weighted by molar-refractivity contribution is 5.80. The molecule has 2 heteroatoms. The third kappa shape index (κ3) is 1.57. The number of hydrogen-bond acceptors (Lipinski definition) is 2. The van der Waals surface area contributed by atoms with Gasteiger partial charge in [0.15, 0.2) is 0 Å². The molecule has 2 rings (SSSR count). The Labute approximate surface area is 61.6 Å². The molecule has 10 heavy (non-hydrogen) atoms. The molecule has 2 aliphatic rings. The Kier molecular flexibility index (Phi) is 2.44. The molecule has 58 valence electrons. The largest absolute Gasteiger partial charge is 0.369 e. The maximum absolute atomic E-state index is 10.6. The van der Waals surface area contributed by atoms with E-state index in [1.165, 1.54) is 0 Å². The number of rotatable bonds is 0. The van der Waals surface area contributed by atoms with Crippen molar-refractivity contribution in [2.45, 2.75) is 45.3 Å². The van der Waals surface area contributed by atoms with Crippen LogP contribution >= 0.6 is 0 Å². The van der Waals surface area contributed by atoms with E-state index < -0.39 is 0 Å². The van der Waals surface area contributed by atoms with E-state index in [-0.39, 0.29) is 0 Å². The summed E-state index contributed by atoms with van der Waals surface area (Å²) in [5.74, 6) is 0.378. The summed E-state index contributed by atoms with van der Waals surface area (Å²) in [6.07, 6.45) is 3.21. The summed E-state index contributed by atoms with van der Waals surface area (Å²) < 4.78 is 5.13.